The van der Waals surface area contributed by atoms with Crippen molar-refractivity contribution in [1.82, 2.24) is 4.98 Å². The molecule has 0 amide bonds. The van der Waals surface area contributed by atoms with Crippen LogP contribution in [-0.4, -0.2) is 4.98 Å². The number of H-pyrrole nitrogens is 1. The third-order valence-corrected chi connectivity index (χ3v) is 11.1. The largest absolute Gasteiger partial charge is 0.355 e. The van der Waals surface area contributed by atoms with Crippen molar-refractivity contribution in [2.45, 2.75) is 10.8 Å². The topological polar surface area (TPSA) is 15.8 Å². The molecule has 0 unspecified atom stereocenters. The van der Waals surface area contributed by atoms with Gasteiger partial charge in [-0.15, -0.1) is 0 Å². The van der Waals surface area contributed by atoms with Crippen molar-refractivity contribution in [3.63, 3.8) is 0 Å². The van der Waals surface area contributed by atoms with E-state index in [1.165, 1.54) is 88.6 Å². The van der Waals surface area contributed by atoms with Gasteiger partial charge in [0.25, 0.3) is 0 Å². The van der Waals surface area contributed by atoms with Crippen molar-refractivity contribution in [1.29, 1.82) is 0 Å². The molecule has 1 heterocycles. The molecule has 3 aliphatic carbocycles. The second-order valence-corrected chi connectivity index (χ2v) is 12.8. The zero-order valence-electron chi connectivity index (χ0n) is 24.5. The summed E-state index contributed by atoms with van der Waals surface area (Å²) in [5.41, 5.74) is 17.7. The van der Waals surface area contributed by atoms with Crippen LogP contribution in [0.1, 0.15) is 44.5 Å². The van der Waals surface area contributed by atoms with Crippen LogP contribution < -0.4 is 0 Å². The summed E-state index contributed by atoms with van der Waals surface area (Å²) < 4.78 is 0. The first-order valence-corrected chi connectivity index (χ1v) is 15.9. The first-order chi connectivity index (χ1) is 22.3. The molecule has 1 N–H and O–H groups in total. The van der Waals surface area contributed by atoms with E-state index in [2.05, 4.69) is 163 Å². The average Bonchev–Trinajstić information content (AvgIpc) is 3.72. The number of fused-ring (bicyclic) bond motifs is 19. The molecule has 208 valence electrons. The van der Waals surface area contributed by atoms with Gasteiger partial charge in [-0.25, -0.2) is 0 Å². The molecule has 45 heavy (non-hydrogen) atoms. The number of hydrogen-bond donors (Lipinski definition) is 1. The van der Waals surface area contributed by atoms with Crippen LogP contribution in [0.2, 0.25) is 0 Å². The normalized spacial score (nSPS) is 15.5. The van der Waals surface area contributed by atoms with Crippen molar-refractivity contribution >= 4 is 21.8 Å². The Morgan fingerprint density at radius 3 is 1.16 bits per heavy atom. The van der Waals surface area contributed by atoms with Gasteiger partial charge in [0.1, 0.15) is 0 Å². The summed E-state index contributed by atoms with van der Waals surface area (Å²) in [4.78, 5) is 3.82. The lowest BCUT2D eigenvalue weighted by molar-refractivity contribution is 0.634. The molecule has 0 saturated heterocycles. The smallest absolute Gasteiger partial charge is 0.0720 e. The summed E-state index contributed by atoms with van der Waals surface area (Å²) in [6.45, 7) is 0. The van der Waals surface area contributed by atoms with E-state index in [-0.39, 0.29) is 0 Å². The molecule has 3 aliphatic rings. The Hall–Kier alpha value is -5.66. The number of nitrogens with one attached hydrogen (secondary N) is 1. The SMILES string of the molecule is c1ccc2c(c1)-c1ccccc1C21c2ccccc2C2(c3ccccc3-c3ccccc32)c2cc3c(cc21)[nH]c1ccccc13. The molecule has 2 spiro atoms. The Bertz CT molecular complexity index is 2470. The fraction of sp³-hybridized carbons (Fsp3) is 0.0455. The van der Waals surface area contributed by atoms with E-state index in [4.69, 9.17) is 0 Å². The predicted molar refractivity (Wildman–Crippen MR) is 184 cm³/mol. The number of rotatable bonds is 0. The summed E-state index contributed by atoms with van der Waals surface area (Å²) in [7, 11) is 0. The number of para-hydroxylation sites is 1. The second-order valence-electron chi connectivity index (χ2n) is 12.8. The summed E-state index contributed by atoms with van der Waals surface area (Å²) in [6.07, 6.45) is 0. The van der Waals surface area contributed by atoms with Crippen LogP contribution in [0.5, 0.6) is 0 Å². The van der Waals surface area contributed by atoms with Gasteiger partial charge in [0, 0.05) is 21.8 Å². The Morgan fingerprint density at radius 2 is 0.667 bits per heavy atom. The molecule has 11 rings (SSSR count). The maximum Gasteiger partial charge on any atom is 0.0720 e. The van der Waals surface area contributed by atoms with E-state index in [0.29, 0.717) is 0 Å². The number of benzene rings is 7. The monoisotopic (exact) mass is 569 g/mol. The van der Waals surface area contributed by atoms with Gasteiger partial charge in [-0.2, -0.15) is 0 Å². The van der Waals surface area contributed by atoms with Gasteiger partial charge < -0.3 is 4.98 Å². The van der Waals surface area contributed by atoms with Crippen LogP contribution >= 0.6 is 0 Å². The third-order valence-electron chi connectivity index (χ3n) is 11.1. The molecule has 0 atom stereocenters. The zero-order valence-corrected chi connectivity index (χ0v) is 24.5. The summed E-state index contributed by atoms with van der Waals surface area (Å²) in [5, 5.41) is 2.55. The highest BCUT2D eigenvalue weighted by Gasteiger charge is 2.59. The van der Waals surface area contributed by atoms with Crippen molar-refractivity contribution < 1.29 is 0 Å². The Kier molecular flexibility index (Phi) is 4.27. The molecule has 0 bridgehead atoms. The lowest BCUT2D eigenvalue weighted by Gasteiger charge is -2.49. The summed E-state index contributed by atoms with van der Waals surface area (Å²) >= 11 is 0. The van der Waals surface area contributed by atoms with Crippen LogP contribution in [0.4, 0.5) is 0 Å². The van der Waals surface area contributed by atoms with Gasteiger partial charge in [-0.1, -0.05) is 140 Å². The lowest BCUT2D eigenvalue weighted by atomic mass is 9.52. The minimum absolute atomic E-state index is 0.455. The van der Waals surface area contributed by atoms with Crippen molar-refractivity contribution in [2.75, 3.05) is 0 Å². The van der Waals surface area contributed by atoms with E-state index < -0.39 is 10.8 Å². The molecule has 0 radical (unpaired) electrons. The van der Waals surface area contributed by atoms with Crippen LogP contribution in [0.15, 0.2) is 158 Å². The maximum atomic E-state index is 3.82. The molecule has 0 saturated carbocycles. The minimum Gasteiger partial charge on any atom is -0.355 e. The van der Waals surface area contributed by atoms with Gasteiger partial charge in [-0.05, 0) is 85.0 Å². The minimum atomic E-state index is -0.456. The molecular formula is C44H27N. The van der Waals surface area contributed by atoms with Gasteiger partial charge in [0.15, 0.2) is 0 Å². The van der Waals surface area contributed by atoms with Gasteiger partial charge in [0.05, 0.1) is 10.8 Å². The quantitative estimate of drug-likeness (QED) is 0.187. The molecular weight excluding hydrogens is 542 g/mol. The molecule has 7 aromatic carbocycles. The van der Waals surface area contributed by atoms with Crippen molar-refractivity contribution in [3.05, 3.63) is 202 Å². The summed E-state index contributed by atoms with van der Waals surface area (Å²) in [5.74, 6) is 0. The highest BCUT2D eigenvalue weighted by Crippen LogP contribution is 2.67. The second kappa shape index (κ2) is 8.08. The molecule has 1 aromatic heterocycles. The highest BCUT2D eigenvalue weighted by atomic mass is 14.7. The van der Waals surface area contributed by atoms with Crippen molar-refractivity contribution in [3.8, 4) is 22.3 Å². The van der Waals surface area contributed by atoms with E-state index in [1.54, 1.807) is 0 Å². The number of hydrogen-bond acceptors (Lipinski definition) is 0. The average molecular weight is 570 g/mol. The Morgan fingerprint density at radius 1 is 0.289 bits per heavy atom. The summed E-state index contributed by atoms with van der Waals surface area (Å²) in [6, 6.07) is 59.6. The fourth-order valence-corrected chi connectivity index (χ4v) is 9.58. The lowest BCUT2D eigenvalue weighted by Crippen LogP contribution is -2.43. The number of aromatic amines is 1. The molecule has 1 heteroatoms. The molecule has 0 aliphatic heterocycles. The standard InChI is InChI=1S/C44H27N/c1-6-18-33-27(13-1)28-14-2-7-19-34(28)43(33)37-22-10-11-23-38(37)44(35-20-8-3-15-29(35)30-16-4-9-21-36(30)44)40-26-42-32(25-39(40)43)31-17-5-12-24-41(31)45-42/h1-26,45H. The first-order valence-electron chi connectivity index (χ1n) is 15.9. The van der Waals surface area contributed by atoms with Crippen LogP contribution in [-0.2, 0) is 10.8 Å². The highest BCUT2D eigenvalue weighted by molar-refractivity contribution is 6.09. The maximum absolute atomic E-state index is 3.82. The van der Waals surface area contributed by atoms with Crippen LogP contribution in [0.3, 0.4) is 0 Å². The molecule has 1 nitrogen and oxygen atoms in total. The molecule has 0 fully saturated rings. The Balaban J connectivity index is 1.43. The predicted octanol–water partition coefficient (Wildman–Crippen LogP) is 10.4. The third kappa shape index (κ3) is 2.57. The van der Waals surface area contributed by atoms with Gasteiger partial charge in [0.2, 0.25) is 0 Å². The van der Waals surface area contributed by atoms with E-state index >= 15 is 0 Å². The first kappa shape index (κ1) is 23.8. The number of aromatic nitrogens is 1. The van der Waals surface area contributed by atoms with E-state index in [0.717, 1.165) is 0 Å². The fourth-order valence-electron chi connectivity index (χ4n) is 9.58. The van der Waals surface area contributed by atoms with Gasteiger partial charge >= 0.3 is 0 Å². The zero-order chi connectivity index (χ0) is 29.3. The van der Waals surface area contributed by atoms with E-state index in [1.807, 2.05) is 0 Å². The molecule has 8 aromatic rings. The van der Waals surface area contributed by atoms with Crippen LogP contribution in [0, 0.1) is 0 Å². The Labute approximate surface area is 261 Å². The van der Waals surface area contributed by atoms with Crippen LogP contribution in [0.25, 0.3) is 44.1 Å². The van der Waals surface area contributed by atoms with Crippen molar-refractivity contribution in [2.24, 2.45) is 0 Å². The van der Waals surface area contributed by atoms with E-state index in [9.17, 15) is 0 Å². The van der Waals surface area contributed by atoms with Gasteiger partial charge in [-0.3, -0.25) is 0 Å².